The summed E-state index contributed by atoms with van der Waals surface area (Å²) in [7, 11) is 1.65. The van der Waals surface area contributed by atoms with Crippen LogP contribution in [0.25, 0.3) is 32.3 Å². The van der Waals surface area contributed by atoms with Crippen LogP contribution in [-0.4, -0.2) is 18.7 Å². The average molecular weight is 660 g/mol. The van der Waals surface area contributed by atoms with E-state index in [1.54, 1.807) is 7.05 Å². The third kappa shape index (κ3) is 12.1. The molecule has 0 aromatic heterocycles. The van der Waals surface area contributed by atoms with Gasteiger partial charge in [-0.15, -0.1) is 10.2 Å². The number of nitrogens with zero attached hydrogens (tertiary/aromatic N) is 4. The molecular formula is C43H57N5O. The van der Waals surface area contributed by atoms with Crippen LogP contribution in [0.15, 0.2) is 130 Å². The molecule has 260 valence electrons. The first-order chi connectivity index (χ1) is 24.0. The molecule has 49 heavy (non-hydrogen) atoms. The van der Waals surface area contributed by atoms with Crippen LogP contribution in [0.5, 0.6) is 5.75 Å². The molecule has 6 nitrogen and oxygen atoms in total. The number of fused-ring (bicyclic) bond motifs is 3. The Balaban J connectivity index is 0.000000521. The smallest absolute Gasteiger partial charge is 0.151 e. The van der Waals surface area contributed by atoms with Crippen molar-refractivity contribution in [3.8, 4) is 5.75 Å². The van der Waals surface area contributed by atoms with E-state index in [0.29, 0.717) is 11.4 Å². The summed E-state index contributed by atoms with van der Waals surface area (Å²) in [4.78, 5) is 0. The van der Waals surface area contributed by atoms with E-state index in [9.17, 15) is 5.11 Å². The predicted molar refractivity (Wildman–Crippen MR) is 217 cm³/mol. The number of benzene rings is 6. The SMILES string of the molecule is CC.CC.CC.CCC.CCNc1ccc2c(O)c(N=Nc3ccc(N=NC)c4ccccc34)c(C)cc2c1.c1ccc2ccccc2c1. The van der Waals surface area contributed by atoms with Gasteiger partial charge in [0, 0.05) is 35.4 Å². The maximum absolute atomic E-state index is 10.9. The molecule has 0 aliphatic carbocycles. The zero-order valence-electron chi connectivity index (χ0n) is 31.5. The van der Waals surface area contributed by atoms with Gasteiger partial charge >= 0.3 is 0 Å². The number of nitrogens with one attached hydrogen (secondary N) is 1. The Labute approximate surface area is 295 Å². The molecular weight excluding hydrogens is 603 g/mol. The van der Waals surface area contributed by atoms with E-state index in [1.807, 2.05) is 109 Å². The van der Waals surface area contributed by atoms with Crippen molar-refractivity contribution < 1.29 is 5.11 Å². The van der Waals surface area contributed by atoms with E-state index in [2.05, 4.69) is 95.1 Å². The minimum absolute atomic E-state index is 0.137. The van der Waals surface area contributed by atoms with Crippen LogP contribution in [0.4, 0.5) is 22.7 Å². The van der Waals surface area contributed by atoms with Crippen molar-refractivity contribution in [1.29, 1.82) is 0 Å². The highest BCUT2D eigenvalue weighted by atomic mass is 16.3. The van der Waals surface area contributed by atoms with Gasteiger partial charge in [-0.25, -0.2) is 0 Å². The van der Waals surface area contributed by atoms with Crippen molar-refractivity contribution in [2.75, 3.05) is 18.9 Å². The molecule has 2 N–H and O–H groups in total. The molecule has 0 saturated carbocycles. The lowest BCUT2D eigenvalue weighted by atomic mass is 10.0. The van der Waals surface area contributed by atoms with Crippen molar-refractivity contribution in [3.63, 3.8) is 0 Å². The number of aryl methyl sites for hydroxylation is 1. The fraction of sp³-hybridized carbons (Fsp3) is 0.302. The second-order valence-electron chi connectivity index (χ2n) is 10.1. The molecule has 0 bridgehead atoms. The van der Waals surface area contributed by atoms with Gasteiger partial charge in [-0.3, -0.25) is 0 Å². The molecule has 0 saturated heterocycles. The summed E-state index contributed by atoms with van der Waals surface area (Å²) < 4.78 is 0. The third-order valence-corrected chi connectivity index (χ3v) is 6.66. The van der Waals surface area contributed by atoms with Gasteiger partial charge in [0.2, 0.25) is 0 Å². The van der Waals surface area contributed by atoms with Gasteiger partial charge in [0.05, 0.1) is 11.4 Å². The molecule has 0 spiro atoms. The first-order valence-electron chi connectivity index (χ1n) is 17.7. The van der Waals surface area contributed by atoms with Gasteiger partial charge < -0.3 is 10.4 Å². The number of hydrogen-bond acceptors (Lipinski definition) is 6. The van der Waals surface area contributed by atoms with Crippen LogP contribution in [0.3, 0.4) is 0 Å². The Hall–Kier alpha value is -5.10. The Morgan fingerprint density at radius 3 is 1.49 bits per heavy atom. The number of hydrogen-bond donors (Lipinski definition) is 2. The summed E-state index contributed by atoms with van der Waals surface area (Å²) in [6.45, 7) is 21.1. The Morgan fingerprint density at radius 2 is 1.02 bits per heavy atom. The molecule has 6 heteroatoms. The Bertz CT molecular complexity index is 1810. The number of phenols is 1. The van der Waals surface area contributed by atoms with E-state index in [1.165, 1.54) is 17.2 Å². The van der Waals surface area contributed by atoms with E-state index in [0.717, 1.165) is 45.0 Å². The zero-order chi connectivity index (χ0) is 36.6. The van der Waals surface area contributed by atoms with Gasteiger partial charge in [0.15, 0.2) is 5.75 Å². The lowest BCUT2D eigenvalue weighted by Crippen LogP contribution is -1.95. The lowest BCUT2D eigenvalue weighted by molar-refractivity contribution is 0.482. The molecule has 6 rings (SSSR count). The second-order valence-corrected chi connectivity index (χ2v) is 10.1. The molecule has 0 aliphatic heterocycles. The van der Waals surface area contributed by atoms with Crippen molar-refractivity contribution in [1.82, 2.24) is 0 Å². The summed E-state index contributed by atoms with van der Waals surface area (Å²) in [5, 5.41) is 37.3. The number of azo groups is 2. The third-order valence-electron chi connectivity index (χ3n) is 6.66. The molecule has 0 unspecified atom stereocenters. The van der Waals surface area contributed by atoms with Crippen LogP contribution in [0.2, 0.25) is 0 Å². The van der Waals surface area contributed by atoms with Gasteiger partial charge in [0.1, 0.15) is 5.69 Å². The Morgan fingerprint density at radius 1 is 0.551 bits per heavy atom. The van der Waals surface area contributed by atoms with Crippen LogP contribution in [-0.2, 0) is 0 Å². The summed E-state index contributed by atoms with van der Waals surface area (Å²) >= 11 is 0. The van der Waals surface area contributed by atoms with E-state index < -0.39 is 0 Å². The fourth-order valence-corrected chi connectivity index (χ4v) is 4.74. The maximum atomic E-state index is 10.9. The van der Waals surface area contributed by atoms with E-state index in [-0.39, 0.29) is 5.75 Å². The van der Waals surface area contributed by atoms with Crippen molar-refractivity contribution in [3.05, 3.63) is 115 Å². The van der Waals surface area contributed by atoms with Crippen LogP contribution in [0, 0.1) is 6.92 Å². The standard InChI is InChI=1S/C24H23N5O.C10H8.C3H8.3C2H6/c1-4-26-17-9-10-18-16(14-17)13-15(2)23(24(18)30)29-28-22-12-11-21(27-25-3)19-7-5-6-8-20(19)22;1-2-6-10-8-4-3-7-9(10)5-1;1-3-2;3*1-2/h5-14,26,30H,4H2,1-3H3;1-8H;3H2,1-2H3;3*1-2H3. The predicted octanol–water partition coefficient (Wildman–Crippen LogP) is 14.9. The van der Waals surface area contributed by atoms with Gasteiger partial charge in [-0.2, -0.15) is 10.2 Å². The minimum Gasteiger partial charge on any atom is -0.505 e. The number of anilines is 1. The lowest BCUT2D eigenvalue weighted by Gasteiger charge is -2.10. The molecule has 0 radical (unpaired) electrons. The Kier molecular flexibility index (Phi) is 20.6. The first kappa shape index (κ1) is 41.9. The molecule has 0 aliphatic rings. The van der Waals surface area contributed by atoms with Crippen LogP contribution in [0.1, 0.15) is 74.3 Å². The largest absolute Gasteiger partial charge is 0.505 e. The van der Waals surface area contributed by atoms with Crippen molar-refractivity contribution in [2.24, 2.45) is 20.5 Å². The molecule has 6 aromatic carbocycles. The second kappa shape index (κ2) is 24.1. The molecule has 0 amide bonds. The number of aromatic hydroxyl groups is 1. The summed E-state index contributed by atoms with van der Waals surface area (Å²) in [5.74, 6) is 0.137. The first-order valence-corrected chi connectivity index (χ1v) is 17.7. The zero-order valence-corrected chi connectivity index (χ0v) is 31.5. The highest BCUT2D eigenvalue weighted by Gasteiger charge is 2.12. The van der Waals surface area contributed by atoms with Crippen molar-refractivity contribution in [2.45, 2.75) is 75.7 Å². The summed E-state index contributed by atoms with van der Waals surface area (Å²) in [6, 6.07) is 36.2. The number of rotatable bonds is 5. The van der Waals surface area contributed by atoms with Gasteiger partial charge in [0.25, 0.3) is 0 Å². The summed E-state index contributed by atoms with van der Waals surface area (Å²) in [6.07, 6.45) is 1.25. The minimum atomic E-state index is 0.137. The van der Waals surface area contributed by atoms with E-state index in [4.69, 9.17) is 0 Å². The normalized spacial score (nSPS) is 10.0. The maximum Gasteiger partial charge on any atom is 0.151 e. The fourth-order valence-electron chi connectivity index (χ4n) is 4.74. The van der Waals surface area contributed by atoms with Crippen LogP contribution < -0.4 is 5.32 Å². The topological polar surface area (TPSA) is 81.7 Å². The molecule has 0 atom stereocenters. The number of phenolic OH excluding ortho intramolecular Hbond substituents is 1. The van der Waals surface area contributed by atoms with E-state index >= 15 is 0 Å². The highest BCUT2D eigenvalue weighted by molar-refractivity contribution is 6.00. The van der Waals surface area contributed by atoms with Gasteiger partial charge in [-0.05, 0) is 72.0 Å². The molecule has 0 fully saturated rings. The average Bonchev–Trinajstić information content (AvgIpc) is 3.15. The molecule has 0 heterocycles. The highest BCUT2D eigenvalue weighted by Crippen LogP contribution is 2.41. The van der Waals surface area contributed by atoms with Crippen molar-refractivity contribution >= 4 is 55.1 Å². The molecule has 6 aromatic rings. The van der Waals surface area contributed by atoms with Crippen LogP contribution >= 0.6 is 0 Å². The van der Waals surface area contributed by atoms with Gasteiger partial charge in [-0.1, -0.05) is 135 Å². The summed E-state index contributed by atoms with van der Waals surface area (Å²) in [5.41, 5.74) is 3.85. The monoisotopic (exact) mass is 659 g/mol. The quantitative estimate of drug-likeness (QED) is 0.181.